The number of rotatable bonds is 5. The minimum Gasteiger partial charge on any atom is -0.350 e. The lowest BCUT2D eigenvalue weighted by Crippen LogP contribution is -2.32. The molecule has 0 saturated carbocycles. The molecule has 0 radical (unpaired) electrons. The summed E-state index contributed by atoms with van der Waals surface area (Å²) >= 11 is 6.19. The summed E-state index contributed by atoms with van der Waals surface area (Å²) in [5.74, 6) is -1.37. The Kier molecular flexibility index (Phi) is 6.03. The first-order valence-electron chi connectivity index (χ1n) is 10.3. The van der Waals surface area contributed by atoms with Crippen LogP contribution >= 0.6 is 11.6 Å². The van der Waals surface area contributed by atoms with E-state index in [-0.39, 0.29) is 16.6 Å². The second-order valence-corrected chi connectivity index (χ2v) is 8.38. The third kappa shape index (κ3) is 4.66. The number of hydrogen-bond donors (Lipinski definition) is 2. The highest BCUT2D eigenvalue weighted by Crippen LogP contribution is 2.30. The summed E-state index contributed by atoms with van der Waals surface area (Å²) in [4.78, 5) is 39.1. The van der Waals surface area contributed by atoms with Crippen LogP contribution in [0, 0.1) is 20.8 Å². The zero-order chi connectivity index (χ0) is 23.7. The average molecular weight is 460 g/mol. The van der Waals surface area contributed by atoms with Gasteiger partial charge < -0.3 is 10.6 Å². The van der Waals surface area contributed by atoms with E-state index in [0.29, 0.717) is 16.9 Å². The molecule has 33 heavy (non-hydrogen) atoms. The van der Waals surface area contributed by atoms with Gasteiger partial charge in [0.2, 0.25) is 0 Å². The Balaban J connectivity index is 1.48. The monoisotopic (exact) mass is 459 g/mol. The van der Waals surface area contributed by atoms with Crippen molar-refractivity contribution in [2.45, 2.75) is 20.8 Å². The molecule has 1 aliphatic heterocycles. The number of carbonyl (C=O) groups excluding carboxylic acids is 3. The van der Waals surface area contributed by atoms with E-state index in [9.17, 15) is 14.4 Å². The molecule has 6 nitrogen and oxygen atoms in total. The third-order valence-electron chi connectivity index (χ3n) is 5.22. The Morgan fingerprint density at radius 2 is 1.36 bits per heavy atom. The van der Waals surface area contributed by atoms with E-state index < -0.39 is 11.8 Å². The van der Waals surface area contributed by atoms with Gasteiger partial charge in [-0.15, -0.1) is 0 Å². The number of nitrogens with zero attached hydrogens (tertiary/aromatic N) is 1. The zero-order valence-corrected chi connectivity index (χ0v) is 19.2. The Morgan fingerprint density at radius 1 is 0.758 bits per heavy atom. The summed E-state index contributed by atoms with van der Waals surface area (Å²) in [6.07, 6.45) is 0. The molecule has 7 heteroatoms. The minimum absolute atomic E-state index is 0.00493. The molecular weight excluding hydrogens is 438 g/mol. The standard InChI is InChI=1S/C26H22ClN3O3/c1-15-4-10-21(11-5-15)30-25(32)22(27)23(26(30)33)28-19-8-6-18(7-9-19)24(31)29-20-13-16(2)12-17(3)14-20/h4-14,28H,1-3H3,(H,29,31). The van der Waals surface area contributed by atoms with E-state index in [1.807, 2.05) is 51.1 Å². The molecular formula is C26H22ClN3O3. The maximum atomic E-state index is 12.9. The van der Waals surface area contributed by atoms with E-state index in [1.54, 1.807) is 36.4 Å². The molecule has 0 aliphatic carbocycles. The molecule has 4 rings (SSSR count). The fourth-order valence-corrected chi connectivity index (χ4v) is 3.85. The number of nitrogens with one attached hydrogen (secondary N) is 2. The van der Waals surface area contributed by atoms with Crippen LogP contribution in [0.3, 0.4) is 0 Å². The SMILES string of the molecule is Cc1ccc(N2C(=O)C(Cl)=C(Nc3ccc(C(=O)Nc4cc(C)cc(C)c4)cc3)C2=O)cc1. The highest BCUT2D eigenvalue weighted by Gasteiger charge is 2.38. The second kappa shape index (κ2) is 8.92. The van der Waals surface area contributed by atoms with Crippen molar-refractivity contribution in [1.29, 1.82) is 0 Å². The summed E-state index contributed by atoms with van der Waals surface area (Å²) in [7, 11) is 0. The van der Waals surface area contributed by atoms with Crippen molar-refractivity contribution in [2.24, 2.45) is 0 Å². The Labute approximate surface area is 196 Å². The van der Waals surface area contributed by atoms with Crippen molar-refractivity contribution in [3.63, 3.8) is 0 Å². The van der Waals surface area contributed by atoms with Gasteiger partial charge in [-0.25, -0.2) is 4.90 Å². The van der Waals surface area contributed by atoms with Gasteiger partial charge in [0.1, 0.15) is 10.7 Å². The molecule has 2 N–H and O–H groups in total. The van der Waals surface area contributed by atoms with Crippen molar-refractivity contribution in [3.8, 4) is 0 Å². The van der Waals surface area contributed by atoms with Gasteiger partial charge in [-0.05, 0) is 80.4 Å². The second-order valence-electron chi connectivity index (χ2n) is 8.00. The third-order valence-corrected chi connectivity index (χ3v) is 5.57. The van der Waals surface area contributed by atoms with Gasteiger partial charge in [-0.2, -0.15) is 0 Å². The fraction of sp³-hybridized carbons (Fsp3) is 0.115. The van der Waals surface area contributed by atoms with E-state index in [0.717, 1.165) is 27.3 Å². The van der Waals surface area contributed by atoms with Crippen LogP contribution in [0.25, 0.3) is 0 Å². The molecule has 0 spiro atoms. The number of carbonyl (C=O) groups is 3. The summed E-state index contributed by atoms with van der Waals surface area (Å²) in [6.45, 7) is 5.86. The van der Waals surface area contributed by atoms with Crippen LogP contribution in [0.2, 0.25) is 0 Å². The number of hydrogen-bond acceptors (Lipinski definition) is 4. The van der Waals surface area contributed by atoms with Crippen LogP contribution in [0.4, 0.5) is 17.1 Å². The maximum absolute atomic E-state index is 12.9. The highest BCUT2D eigenvalue weighted by atomic mass is 35.5. The number of halogens is 1. The molecule has 0 atom stereocenters. The Hall–Kier alpha value is -3.90. The quantitative estimate of drug-likeness (QED) is 0.507. The van der Waals surface area contributed by atoms with Crippen LogP contribution in [0.1, 0.15) is 27.0 Å². The van der Waals surface area contributed by atoms with E-state index in [4.69, 9.17) is 11.6 Å². The van der Waals surface area contributed by atoms with Gasteiger partial charge in [0, 0.05) is 16.9 Å². The van der Waals surface area contributed by atoms with Gasteiger partial charge in [0.15, 0.2) is 0 Å². The molecule has 166 valence electrons. The molecule has 0 fully saturated rings. The van der Waals surface area contributed by atoms with Gasteiger partial charge in [-0.3, -0.25) is 14.4 Å². The molecule has 3 amide bonds. The lowest BCUT2D eigenvalue weighted by Gasteiger charge is -2.15. The van der Waals surface area contributed by atoms with Crippen LogP contribution in [-0.4, -0.2) is 17.7 Å². The maximum Gasteiger partial charge on any atom is 0.283 e. The normalized spacial score (nSPS) is 13.5. The fourth-order valence-electron chi connectivity index (χ4n) is 3.64. The number of benzene rings is 3. The average Bonchev–Trinajstić information content (AvgIpc) is 2.97. The van der Waals surface area contributed by atoms with Crippen molar-refractivity contribution >= 4 is 46.4 Å². The first-order valence-corrected chi connectivity index (χ1v) is 10.7. The summed E-state index contributed by atoms with van der Waals surface area (Å²) in [6, 6.07) is 19.4. The van der Waals surface area contributed by atoms with Crippen molar-refractivity contribution in [2.75, 3.05) is 15.5 Å². The largest absolute Gasteiger partial charge is 0.350 e. The topological polar surface area (TPSA) is 78.5 Å². The number of amides is 3. The number of imide groups is 1. The summed E-state index contributed by atoms with van der Waals surface area (Å²) in [5.41, 5.74) is 5.28. The van der Waals surface area contributed by atoms with Crippen LogP contribution in [0.15, 0.2) is 77.5 Å². The molecule has 0 aromatic heterocycles. The van der Waals surface area contributed by atoms with Crippen molar-refractivity contribution in [3.05, 3.63) is 99.7 Å². The number of anilines is 3. The molecule has 3 aromatic rings. The van der Waals surface area contributed by atoms with Gasteiger partial charge in [-0.1, -0.05) is 35.4 Å². The van der Waals surface area contributed by atoms with Gasteiger partial charge >= 0.3 is 0 Å². The molecule has 1 aliphatic rings. The summed E-state index contributed by atoms with van der Waals surface area (Å²) in [5, 5.41) is 5.62. The zero-order valence-electron chi connectivity index (χ0n) is 18.4. The first kappa shape index (κ1) is 22.3. The van der Waals surface area contributed by atoms with Crippen LogP contribution < -0.4 is 15.5 Å². The lowest BCUT2D eigenvalue weighted by atomic mass is 10.1. The number of aryl methyl sites for hydroxylation is 3. The molecule has 1 heterocycles. The van der Waals surface area contributed by atoms with Crippen molar-refractivity contribution < 1.29 is 14.4 Å². The molecule has 0 saturated heterocycles. The van der Waals surface area contributed by atoms with Crippen LogP contribution in [0.5, 0.6) is 0 Å². The highest BCUT2D eigenvalue weighted by molar-refractivity contribution is 6.53. The molecule has 0 unspecified atom stereocenters. The summed E-state index contributed by atoms with van der Waals surface area (Å²) < 4.78 is 0. The van der Waals surface area contributed by atoms with Gasteiger partial charge in [0.25, 0.3) is 17.7 Å². The van der Waals surface area contributed by atoms with E-state index in [2.05, 4.69) is 10.6 Å². The predicted octanol–water partition coefficient (Wildman–Crippen LogP) is 5.30. The van der Waals surface area contributed by atoms with E-state index >= 15 is 0 Å². The first-order chi connectivity index (χ1) is 15.7. The minimum atomic E-state index is -0.586. The van der Waals surface area contributed by atoms with Crippen molar-refractivity contribution in [1.82, 2.24) is 0 Å². The van der Waals surface area contributed by atoms with Gasteiger partial charge in [0.05, 0.1) is 5.69 Å². The smallest absolute Gasteiger partial charge is 0.283 e. The molecule has 3 aromatic carbocycles. The molecule has 0 bridgehead atoms. The van der Waals surface area contributed by atoms with E-state index in [1.165, 1.54) is 0 Å². The Morgan fingerprint density at radius 3 is 1.97 bits per heavy atom. The predicted molar refractivity (Wildman–Crippen MR) is 130 cm³/mol. The van der Waals surface area contributed by atoms with Crippen LogP contribution in [-0.2, 0) is 9.59 Å². The Bertz CT molecular complexity index is 1280. The lowest BCUT2D eigenvalue weighted by molar-refractivity contribution is -0.120.